The highest BCUT2D eigenvalue weighted by molar-refractivity contribution is 6.07. The minimum Gasteiger partial charge on any atom is -0.504 e. The molecule has 0 unspecified atom stereocenters. The molecule has 3 rings (SSSR count). The molecule has 0 aliphatic carbocycles. The second-order valence-electron chi connectivity index (χ2n) is 6.52. The van der Waals surface area contributed by atoms with E-state index in [4.69, 9.17) is 14.2 Å². The fourth-order valence-electron chi connectivity index (χ4n) is 3.21. The molecule has 2 aromatic carbocycles. The summed E-state index contributed by atoms with van der Waals surface area (Å²) in [6, 6.07) is 8.45. The Morgan fingerprint density at radius 1 is 1.03 bits per heavy atom. The van der Waals surface area contributed by atoms with Crippen LogP contribution in [0.1, 0.15) is 18.5 Å². The van der Waals surface area contributed by atoms with Gasteiger partial charge in [-0.1, -0.05) is 6.07 Å². The predicted molar refractivity (Wildman–Crippen MR) is 110 cm³/mol. The number of ether oxygens (including phenoxy) is 3. The van der Waals surface area contributed by atoms with Gasteiger partial charge in [-0.3, -0.25) is 4.79 Å². The number of anilines is 1. The zero-order valence-corrected chi connectivity index (χ0v) is 17.0. The first-order valence-corrected chi connectivity index (χ1v) is 9.06. The van der Waals surface area contributed by atoms with Gasteiger partial charge in [0.2, 0.25) is 0 Å². The minimum absolute atomic E-state index is 0.0452. The SMILES string of the molecule is COc1ccc(NC(=O)C2=C(C)NC(=O)N[C@@H]2c2ccc(O)c(OC)c2)c(OC)c1. The third-order valence-corrected chi connectivity index (χ3v) is 4.71. The molecule has 30 heavy (non-hydrogen) atoms. The lowest BCUT2D eigenvalue weighted by Crippen LogP contribution is -2.46. The Morgan fingerprint density at radius 3 is 2.43 bits per heavy atom. The average molecular weight is 413 g/mol. The van der Waals surface area contributed by atoms with E-state index in [1.54, 1.807) is 37.3 Å². The number of phenolic OH excluding ortho intramolecular Hbond substituents is 1. The average Bonchev–Trinajstić information content (AvgIpc) is 2.73. The van der Waals surface area contributed by atoms with Gasteiger partial charge in [-0.2, -0.15) is 0 Å². The molecule has 0 bridgehead atoms. The molecular weight excluding hydrogens is 390 g/mol. The highest BCUT2D eigenvalue weighted by atomic mass is 16.5. The molecule has 0 aromatic heterocycles. The van der Waals surface area contributed by atoms with Crippen LogP contribution < -0.4 is 30.2 Å². The molecule has 0 spiro atoms. The van der Waals surface area contributed by atoms with Gasteiger partial charge in [-0.25, -0.2) is 4.79 Å². The predicted octanol–water partition coefficient (Wildman–Crippen LogP) is 2.68. The molecule has 2 aromatic rings. The number of hydrogen-bond acceptors (Lipinski definition) is 6. The zero-order chi connectivity index (χ0) is 21.8. The number of nitrogens with one attached hydrogen (secondary N) is 3. The maximum Gasteiger partial charge on any atom is 0.319 e. The molecule has 3 amide bonds. The van der Waals surface area contributed by atoms with E-state index in [1.807, 2.05) is 0 Å². The number of benzene rings is 2. The number of carbonyl (C=O) groups excluding carboxylic acids is 2. The Balaban J connectivity index is 1.98. The van der Waals surface area contributed by atoms with Crippen molar-refractivity contribution in [3.63, 3.8) is 0 Å². The van der Waals surface area contributed by atoms with Gasteiger partial charge in [-0.15, -0.1) is 0 Å². The van der Waals surface area contributed by atoms with Crippen LogP contribution in [0.3, 0.4) is 0 Å². The maximum absolute atomic E-state index is 13.2. The van der Waals surface area contributed by atoms with Gasteiger partial charge in [0.05, 0.1) is 38.6 Å². The lowest BCUT2D eigenvalue weighted by atomic mass is 9.94. The first-order chi connectivity index (χ1) is 14.4. The van der Waals surface area contributed by atoms with Crippen LogP contribution in [0.25, 0.3) is 0 Å². The Hall–Kier alpha value is -3.88. The van der Waals surface area contributed by atoms with Crippen molar-refractivity contribution < 1.29 is 28.9 Å². The van der Waals surface area contributed by atoms with Crippen molar-refractivity contribution in [3.05, 3.63) is 53.2 Å². The molecule has 0 fully saturated rings. The summed E-state index contributed by atoms with van der Waals surface area (Å²) < 4.78 is 15.7. The third kappa shape index (κ3) is 4.09. The van der Waals surface area contributed by atoms with Gasteiger partial charge >= 0.3 is 6.03 Å². The number of allylic oxidation sites excluding steroid dienone is 1. The van der Waals surface area contributed by atoms with E-state index >= 15 is 0 Å². The molecule has 0 radical (unpaired) electrons. The molecule has 1 heterocycles. The van der Waals surface area contributed by atoms with Crippen molar-refractivity contribution in [3.8, 4) is 23.0 Å². The van der Waals surface area contributed by atoms with Crippen LogP contribution in [0.15, 0.2) is 47.7 Å². The van der Waals surface area contributed by atoms with Crippen molar-refractivity contribution in [1.82, 2.24) is 10.6 Å². The number of methoxy groups -OCH3 is 3. The highest BCUT2D eigenvalue weighted by Gasteiger charge is 2.32. The summed E-state index contributed by atoms with van der Waals surface area (Å²) in [6.45, 7) is 1.64. The second kappa shape index (κ2) is 8.64. The molecule has 9 nitrogen and oxygen atoms in total. The molecule has 0 saturated heterocycles. The van der Waals surface area contributed by atoms with Crippen LogP contribution in [0.2, 0.25) is 0 Å². The Bertz CT molecular complexity index is 1020. The number of rotatable bonds is 6. The van der Waals surface area contributed by atoms with Crippen LogP contribution in [0.5, 0.6) is 23.0 Å². The van der Waals surface area contributed by atoms with Crippen LogP contribution >= 0.6 is 0 Å². The summed E-state index contributed by atoms with van der Waals surface area (Å²) in [4.78, 5) is 25.3. The maximum atomic E-state index is 13.2. The molecule has 1 aliphatic heterocycles. The molecule has 4 N–H and O–H groups in total. The van der Waals surface area contributed by atoms with Gasteiger partial charge < -0.3 is 35.3 Å². The largest absolute Gasteiger partial charge is 0.504 e. The van der Waals surface area contributed by atoms with E-state index in [2.05, 4.69) is 16.0 Å². The standard InChI is InChI=1S/C21H23N3O6/c1-11-18(20(26)23-14-7-6-13(28-2)10-16(14)29-3)19(24-21(27)22-11)12-5-8-15(25)17(9-12)30-4/h5-10,19,25H,1-4H3,(H,23,26)(H2,22,24,27)/t19-/m1/s1. The lowest BCUT2D eigenvalue weighted by Gasteiger charge is -2.29. The Kier molecular flexibility index (Phi) is 6.01. The molecule has 9 heteroatoms. The van der Waals surface area contributed by atoms with E-state index in [-0.39, 0.29) is 11.5 Å². The lowest BCUT2D eigenvalue weighted by molar-refractivity contribution is -0.113. The Labute approximate surface area is 173 Å². The van der Waals surface area contributed by atoms with Crippen LogP contribution in [-0.4, -0.2) is 38.4 Å². The van der Waals surface area contributed by atoms with Gasteiger partial charge in [0, 0.05) is 11.8 Å². The van der Waals surface area contributed by atoms with Crippen LogP contribution in [0.4, 0.5) is 10.5 Å². The summed E-state index contributed by atoms with van der Waals surface area (Å²) in [5.41, 5.74) is 1.73. The monoisotopic (exact) mass is 413 g/mol. The molecule has 1 atom stereocenters. The normalized spacial score (nSPS) is 15.7. The van der Waals surface area contributed by atoms with Crippen molar-refractivity contribution in [1.29, 1.82) is 0 Å². The zero-order valence-electron chi connectivity index (χ0n) is 17.0. The van der Waals surface area contributed by atoms with E-state index in [0.717, 1.165) is 0 Å². The number of aromatic hydroxyl groups is 1. The fourth-order valence-corrected chi connectivity index (χ4v) is 3.21. The summed E-state index contributed by atoms with van der Waals surface area (Å²) >= 11 is 0. The number of amides is 3. The number of carbonyl (C=O) groups is 2. The summed E-state index contributed by atoms with van der Waals surface area (Å²) in [6.07, 6.45) is 0. The molecular formula is C21H23N3O6. The van der Waals surface area contributed by atoms with Crippen LogP contribution in [0, 0.1) is 0 Å². The smallest absolute Gasteiger partial charge is 0.319 e. The summed E-state index contributed by atoms with van der Waals surface area (Å²) in [5, 5.41) is 18.0. The third-order valence-electron chi connectivity index (χ3n) is 4.71. The van der Waals surface area contributed by atoms with Crippen molar-refractivity contribution in [2.45, 2.75) is 13.0 Å². The Morgan fingerprint density at radius 2 is 1.77 bits per heavy atom. The topological polar surface area (TPSA) is 118 Å². The quantitative estimate of drug-likeness (QED) is 0.578. The van der Waals surface area contributed by atoms with Gasteiger partial charge in [-0.05, 0) is 36.8 Å². The molecule has 1 aliphatic rings. The van der Waals surface area contributed by atoms with E-state index in [9.17, 15) is 14.7 Å². The number of urea groups is 1. The van der Waals surface area contributed by atoms with Crippen molar-refractivity contribution in [2.24, 2.45) is 0 Å². The highest BCUT2D eigenvalue weighted by Crippen LogP contribution is 2.35. The van der Waals surface area contributed by atoms with Crippen molar-refractivity contribution >= 4 is 17.6 Å². The fraction of sp³-hybridized carbons (Fsp3) is 0.238. The van der Waals surface area contributed by atoms with Crippen molar-refractivity contribution in [2.75, 3.05) is 26.6 Å². The van der Waals surface area contributed by atoms with E-state index in [1.165, 1.54) is 27.4 Å². The minimum atomic E-state index is -0.752. The van der Waals surface area contributed by atoms with Gasteiger partial charge in [0.1, 0.15) is 11.5 Å². The summed E-state index contributed by atoms with van der Waals surface area (Å²) in [5.74, 6) is 0.767. The van der Waals surface area contributed by atoms with E-state index < -0.39 is 18.0 Å². The summed E-state index contributed by atoms with van der Waals surface area (Å²) in [7, 11) is 4.45. The van der Waals surface area contributed by atoms with Crippen LogP contribution in [-0.2, 0) is 4.79 Å². The second-order valence-corrected chi connectivity index (χ2v) is 6.52. The number of hydrogen-bond donors (Lipinski definition) is 4. The van der Waals surface area contributed by atoms with Gasteiger partial charge in [0.15, 0.2) is 11.5 Å². The van der Waals surface area contributed by atoms with E-state index in [0.29, 0.717) is 34.0 Å². The molecule has 0 saturated carbocycles. The van der Waals surface area contributed by atoms with Gasteiger partial charge in [0.25, 0.3) is 5.91 Å². The first kappa shape index (κ1) is 20.8. The molecule has 158 valence electrons. The number of phenols is 1. The first-order valence-electron chi connectivity index (χ1n) is 9.06.